The fourth-order valence-electron chi connectivity index (χ4n) is 1.07. The molecule has 0 fully saturated rings. The Balaban J connectivity index is 2.52. The number of carbonyl (C=O) groups is 1. The van der Waals surface area contributed by atoms with Gasteiger partial charge < -0.3 is 10.1 Å². The number of thiazole rings is 1. The molecule has 0 aromatic carbocycles. The number of hydrogen-bond acceptors (Lipinski definition) is 3. The number of rotatable bonds is 2. The summed E-state index contributed by atoms with van der Waals surface area (Å²) in [5.74, 6) is -0.938. The maximum absolute atomic E-state index is 10.7. The summed E-state index contributed by atoms with van der Waals surface area (Å²) in [6.45, 7) is 0. The summed E-state index contributed by atoms with van der Waals surface area (Å²) in [4.78, 5) is 17.5. The molecule has 0 aliphatic rings. The zero-order chi connectivity index (χ0) is 9.26. The number of aromatic carboxylic acids is 1. The number of hydrogen-bond donors (Lipinski definition) is 2. The van der Waals surface area contributed by atoms with E-state index in [2.05, 4.69) is 9.97 Å². The molecule has 0 saturated carbocycles. The van der Waals surface area contributed by atoms with Gasteiger partial charge in [-0.05, 0) is 0 Å². The van der Waals surface area contributed by atoms with Crippen molar-refractivity contribution in [2.24, 2.45) is 0 Å². The van der Waals surface area contributed by atoms with Crippen LogP contribution in [0.25, 0.3) is 10.6 Å². The molecule has 66 valence electrons. The van der Waals surface area contributed by atoms with Crippen molar-refractivity contribution in [1.82, 2.24) is 9.97 Å². The lowest BCUT2D eigenvalue weighted by Crippen LogP contribution is -1.95. The second-order valence-electron chi connectivity index (χ2n) is 2.43. The van der Waals surface area contributed by atoms with Gasteiger partial charge >= 0.3 is 5.97 Å². The van der Waals surface area contributed by atoms with Gasteiger partial charge in [0.25, 0.3) is 0 Å². The number of H-pyrrole nitrogens is 1. The Labute approximate surface area is 77.9 Å². The zero-order valence-electron chi connectivity index (χ0n) is 6.52. The highest BCUT2D eigenvalue weighted by Crippen LogP contribution is 2.24. The van der Waals surface area contributed by atoms with Crippen molar-refractivity contribution in [3.63, 3.8) is 0 Å². The van der Waals surface area contributed by atoms with Crippen LogP contribution in [-0.4, -0.2) is 21.0 Å². The van der Waals surface area contributed by atoms with Gasteiger partial charge in [-0.25, -0.2) is 9.78 Å². The van der Waals surface area contributed by atoms with Crippen LogP contribution in [0, 0.1) is 0 Å². The average Bonchev–Trinajstić information content (AvgIpc) is 2.74. The molecule has 0 atom stereocenters. The molecule has 0 aliphatic carbocycles. The summed E-state index contributed by atoms with van der Waals surface area (Å²) in [7, 11) is 0. The van der Waals surface area contributed by atoms with Gasteiger partial charge in [-0.2, -0.15) is 0 Å². The molecule has 2 rings (SSSR count). The van der Waals surface area contributed by atoms with E-state index >= 15 is 0 Å². The van der Waals surface area contributed by atoms with Crippen molar-refractivity contribution in [1.29, 1.82) is 0 Å². The number of nitrogens with zero attached hydrogens (tertiary/aromatic N) is 1. The number of carboxylic acid groups (broad SMARTS) is 1. The quantitative estimate of drug-likeness (QED) is 0.766. The SMILES string of the molecule is O=C(O)c1c[nH]cc1-c1nccs1. The molecule has 2 aromatic heterocycles. The van der Waals surface area contributed by atoms with E-state index in [4.69, 9.17) is 5.11 Å². The van der Waals surface area contributed by atoms with Crippen LogP contribution >= 0.6 is 11.3 Å². The number of aromatic amines is 1. The van der Waals surface area contributed by atoms with Gasteiger partial charge in [-0.3, -0.25) is 0 Å². The average molecular weight is 194 g/mol. The third-order valence-electron chi connectivity index (χ3n) is 1.64. The lowest BCUT2D eigenvalue weighted by molar-refractivity contribution is 0.0698. The molecule has 2 aromatic rings. The Kier molecular flexibility index (Phi) is 1.86. The fraction of sp³-hybridized carbons (Fsp3) is 0. The van der Waals surface area contributed by atoms with E-state index in [9.17, 15) is 4.79 Å². The first-order valence-electron chi connectivity index (χ1n) is 3.59. The molecule has 2 heterocycles. The first-order chi connectivity index (χ1) is 6.29. The van der Waals surface area contributed by atoms with Crippen LogP contribution in [0.2, 0.25) is 0 Å². The third kappa shape index (κ3) is 1.33. The Morgan fingerprint density at radius 1 is 1.54 bits per heavy atom. The Bertz CT molecular complexity index is 419. The highest BCUT2D eigenvalue weighted by molar-refractivity contribution is 7.13. The van der Waals surface area contributed by atoms with Gasteiger partial charge in [0.05, 0.1) is 5.56 Å². The molecule has 0 saturated heterocycles. The van der Waals surface area contributed by atoms with Gasteiger partial charge in [0.1, 0.15) is 5.01 Å². The molecule has 0 bridgehead atoms. The van der Waals surface area contributed by atoms with Crippen LogP contribution in [-0.2, 0) is 0 Å². The lowest BCUT2D eigenvalue weighted by atomic mass is 10.2. The molecule has 4 nitrogen and oxygen atoms in total. The first kappa shape index (κ1) is 8.00. The molecule has 0 spiro atoms. The summed E-state index contributed by atoms with van der Waals surface area (Å²) in [5.41, 5.74) is 0.900. The fourth-order valence-corrected chi connectivity index (χ4v) is 1.74. The second kappa shape index (κ2) is 3.02. The summed E-state index contributed by atoms with van der Waals surface area (Å²) in [6, 6.07) is 0. The van der Waals surface area contributed by atoms with Crippen LogP contribution in [0.15, 0.2) is 24.0 Å². The van der Waals surface area contributed by atoms with E-state index in [1.54, 1.807) is 12.4 Å². The standard InChI is InChI=1S/C8H6N2O2S/c11-8(12)6-4-9-3-5(6)7-10-1-2-13-7/h1-4,9H,(H,11,12). The Morgan fingerprint density at radius 2 is 2.38 bits per heavy atom. The predicted molar refractivity (Wildman–Crippen MR) is 48.9 cm³/mol. The van der Waals surface area contributed by atoms with Crippen LogP contribution in [0.4, 0.5) is 0 Å². The van der Waals surface area contributed by atoms with Gasteiger partial charge in [0, 0.05) is 29.5 Å². The van der Waals surface area contributed by atoms with E-state index in [-0.39, 0.29) is 5.56 Å². The second-order valence-corrected chi connectivity index (χ2v) is 3.32. The van der Waals surface area contributed by atoms with Crippen LogP contribution in [0.5, 0.6) is 0 Å². The molecule has 0 aliphatic heterocycles. The summed E-state index contributed by atoms with van der Waals surface area (Å²) in [5, 5.41) is 11.3. The molecule has 13 heavy (non-hydrogen) atoms. The topological polar surface area (TPSA) is 66.0 Å². The van der Waals surface area contributed by atoms with E-state index in [1.807, 2.05) is 5.38 Å². The van der Waals surface area contributed by atoms with Crippen molar-refractivity contribution in [3.8, 4) is 10.6 Å². The molecule has 2 N–H and O–H groups in total. The predicted octanol–water partition coefficient (Wildman–Crippen LogP) is 1.84. The number of aromatic nitrogens is 2. The Morgan fingerprint density at radius 3 is 3.00 bits per heavy atom. The minimum Gasteiger partial charge on any atom is -0.478 e. The van der Waals surface area contributed by atoms with Crippen LogP contribution < -0.4 is 0 Å². The number of carboxylic acids is 1. The van der Waals surface area contributed by atoms with Gasteiger partial charge in [-0.1, -0.05) is 0 Å². The van der Waals surface area contributed by atoms with Gasteiger partial charge in [0.2, 0.25) is 0 Å². The summed E-state index contributed by atoms with van der Waals surface area (Å²) < 4.78 is 0. The van der Waals surface area contributed by atoms with E-state index in [1.165, 1.54) is 17.5 Å². The highest BCUT2D eigenvalue weighted by atomic mass is 32.1. The molecule has 0 amide bonds. The Hall–Kier alpha value is -1.62. The van der Waals surface area contributed by atoms with E-state index in [0.717, 1.165) is 5.01 Å². The van der Waals surface area contributed by atoms with Gasteiger partial charge in [0.15, 0.2) is 0 Å². The summed E-state index contributed by atoms with van der Waals surface area (Å²) >= 11 is 1.42. The van der Waals surface area contributed by atoms with Crippen molar-refractivity contribution in [2.75, 3.05) is 0 Å². The van der Waals surface area contributed by atoms with E-state index in [0.29, 0.717) is 5.56 Å². The van der Waals surface area contributed by atoms with Crippen LogP contribution in [0.1, 0.15) is 10.4 Å². The highest BCUT2D eigenvalue weighted by Gasteiger charge is 2.13. The molecule has 0 unspecified atom stereocenters. The minimum absolute atomic E-state index is 0.259. The normalized spacial score (nSPS) is 10.2. The summed E-state index contributed by atoms with van der Waals surface area (Å²) in [6.07, 6.45) is 4.75. The maximum Gasteiger partial charge on any atom is 0.337 e. The first-order valence-corrected chi connectivity index (χ1v) is 4.47. The monoisotopic (exact) mass is 194 g/mol. The van der Waals surface area contributed by atoms with Crippen molar-refractivity contribution in [2.45, 2.75) is 0 Å². The zero-order valence-corrected chi connectivity index (χ0v) is 7.34. The minimum atomic E-state index is -0.938. The maximum atomic E-state index is 10.7. The lowest BCUT2D eigenvalue weighted by Gasteiger charge is -1.92. The molecular formula is C8H6N2O2S. The number of nitrogens with one attached hydrogen (secondary N) is 1. The molecule has 5 heteroatoms. The van der Waals surface area contributed by atoms with Gasteiger partial charge in [-0.15, -0.1) is 11.3 Å². The van der Waals surface area contributed by atoms with E-state index < -0.39 is 5.97 Å². The third-order valence-corrected chi connectivity index (χ3v) is 2.45. The smallest absolute Gasteiger partial charge is 0.337 e. The van der Waals surface area contributed by atoms with Crippen molar-refractivity contribution < 1.29 is 9.90 Å². The van der Waals surface area contributed by atoms with Crippen molar-refractivity contribution in [3.05, 3.63) is 29.5 Å². The largest absolute Gasteiger partial charge is 0.478 e. The van der Waals surface area contributed by atoms with Crippen LogP contribution in [0.3, 0.4) is 0 Å². The van der Waals surface area contributed by atoms with Crippen molar-refractivity contribution >= 4 is 17.3 Å². The molecular weight excluding hydrogens is 188 g/mol. The molecule has 0 radical (unpaired) electrons.